The van der Waals surface area contributed by atoms with Crippen LogP contribution in [0, 0.1) is 69.0 Å². The molecule has 1 aliphatic heterocycles. The van der Waals surface area contributed by atoms with Crippen molar-refractivity contribution < 1.29 is 88.7 Å². The van der Waals surface area contributed by atoms with Crippen LogP contribution in [0.15, 0.2) is 491 Å². The van der Waals surface area contributed by atoms with Crippen LogP contribution >= 0.6 is 0 Å². The topological polar surface area (TPSA) is 163 Å². The molecule has 15 nitrogen and oxygen atoms in total. The van der Waals surface area contributed by atoms with Crippen LogP contribution in [0.2, 0.25) is 0 Å². The maximum absolute atomic E-state index is 5.08. The smallest absolute Gasteiger partial charge is 0.707 e. The molecule has 0 saturated carbocycles. The van der Waals surface area contributed by atoms with E-state index < -0.39 is 0 Å². The van der Waals surface area contributed by atoms with E-state index in [9.17, 15) is 0 Å². The molecule has 1 aliphatic rings. The van der Waals surface area contributed by atoms with Crippen LogP contribution in [0.25, 0.3) is 163 Å². The molecule has 0 amide bonds. The first-order chi connectivity index (χ1) is 69.1. The Morgan fingerprint density at radius 2 is 0.625 bits per heavy atom. The van der Waals surface area contributed by atoms with Gasteiger partial charge in [-0.25, -0.2) is 22.8 Å². The number of rotatable bonds is 16. The van der Waals surface area contributed by atoms with Crippen molar-refractivity contribution in [3.8, 4) is 163 Å². The first-order valence-electron chi connectivity index (χ1n) is 45.6. The Morgan fingerprint density at radius 3 is 0.938 bits per heavy atom. The molecular weight excluding hydrogens is 2490 g/mol. The Labute approximate surface area is 899 Å². The van der Waals surface area contributed by atoms with Gasteiger partial charge in [-0.2, -0.15) is 94.8 Å². The van der Waals surface area contributed by atoms with Gasteiger partial charge < -0.3 is 54.4 Å². The van der Waals surface area contributed by atoms with Crippen molar-refractivity contribution in [2.75, 3.05) is 11.9 Å². The second kappa shape index (κ2) is 54.8. The third-order valence-corrected chi connectivity index (χ3v) is 22.2. The van der Waals surface area contributed by atoms with Crippen LogP contribution in [0.5, 0.6) is 0 Å². The Morgan fingerprint density at radius 1 is 0.299 bits per heavy atom. The average Bonchev–Trinajstić information content (AvgIpc) is 1.68. The van der Waals surface area contributed by atoms with E-state index in [4.69, 9.17) is 4.42 Å². The van der Waals surface area contributed by atoms with Gasteiger partial charge in [0.1, 0.15) is 5.89 Å². The summed E-state index contributed by atoms with van der Waals surface area (Å²) in [5.74, 6) is 1.57. The average molecular weight is 2590 g/mol. The van der Waals surface area contributed by atoms with Crippen molar-refractivity contribution in [2.24, 2.45) is 7.05 Å². The van der Waals surface area contributed by atoms with Gasteiger partial charge in [-0.3, -0.25) is 14.6 Å². The van der Waals surface area contributed by atoms with Gasteiger partial charge in [-0.15, -0.1) is 205 Å². The third kappa shape index (κ3) is 29.7. The summed E-state index contributed by atoms with van der Waals surface area (Å²) in [5, 5.41) is 30.0. The SMILES string of the molecule is CN1C=CN(c2[c-]cccc2)[CH-]1.Cc1cc(C)n(-c2[c-]cccc2)n1.Cn1ccnc1-c1[c-]cccc1.[Pt+4].[Pt].[Pt].[Pt].[c-]1ccccc1-c1cc(-c2ccc(-c3ccccc3)cc2)c[n-]1.[c-]1ccccc1-c1cc(-c2ccc(-c3ccccc3)cc2)n[n-]1.[c-]1ccccc1-c1cc(-c2ccc(-c3ccccc3)cc2)n[n-]1.[c-]1ccccc1-c1cc(-c2ccc(-c3ccccc3)cc2)n[n-]1.[c-]1ccccc1-c1ncco1. The summed E-state index contributed by atoms with van der Waals surface area (Å²) >= 11 is 0. The Balaban J connectivity index is 0.000000140. The molecule has 144 heavy (non-hydrogen) atoms. The summed E-state index contributed by atoms with van der Waals surface area (Å²) in [6, 6.07) is 173. The molecule has 24 rings (SSSR count). The molecule has 0 spiro atoms. The Kier molecular flexibility index (Phi) is 40.1. The number of nitrogens with zero attached hydrogens (tertiary/aromatic N) is 14. The number of para-hydroxylation sites is 2. The van der Waals surface area contributed by atoms with Crippen molar-refractivity contribution in [1.82, 2.24) is 64.8 Å². The van der Waals surface area contributed by atoms with Crippen LogP contribution in [0.3, 0.4) is 0 Å². The maximum Gasteiger partial charge on any atom is 4.00 e. The second-order valence-electron chi connectivity index (χ2n) is 32.0. The summed E-state index contributed by atoms with van der Waals surface area (Å²) in [5.41, 5.74) is 31.5. The van der Waals surface area contributed by atoms with Gasteiger partial charge in [0.05, 0.1) is 24.0 Å². The number of hydrogen-bond donors (Lipinski definition) is 0. The minimum atomic E-state index is 0. The molecule has 0 fully saturated rings. The van der Waals surface area contributed by atoms with Gasteiger partial charge in [0.2, 0.25) is 0 Å². The molecule has 0 saturated heterocycles. The summed E-state index contributed by atoms with van der Waals surface area (Å²) in [6.07, 6.45) is 12.8. The fourth-order valence-corrected chi connectivity index (χ4v) is 15.0. The number of aromatic nitrogens is 12. The number of benzene rings is 16. The van der Waals surface area contributed by atoms with E-state index >= 15 is 0 Å². The van der Waals surface area contributed by atoms with Gasteiger partial charge >= 0.3 is 21.1 Å². The molecule has 23 aromatic rings. The second-order valence-corrected chi connectivity index (χ2v) is 32.0. The largest absolute Gasteiger partial charge is 4.00 e. The summed E-state index contributed by atoms with van der Waals surface area (Å²) in [4.78, 5) is 16.7. The van der Waals surface area contributed by atoms with Gasteiger partial charge in [0.25, 0.3) is 0 Å². The molecule has 0 atom stereocenters. The summed E-state index contributed by atoms with van der Waals surface area (Å²) in [7, 11) is 3.97. The van der Waals surface area contributed by atoms with Gasteiger partial charge in [-0.1, -0.05) is 248 Å². The predicted octanol–water partition coefficient (Wildman–Crippen LogP) is 28.1. The fourth-order valence-electron chi connectivity index (χ4n) is 15.0. The van der Waals surface area contributed by atoms with E-state index in [-0.39, 0.29) is 84.3 Å². The van der Waals surface area contributed by atoms with E-state index in [1.807, 2.05) is 315 Å². The van der Waals surface area contributed by atoms with Crippen LogP contribution < -0.4 is 25.2 Å². The van der Waals surface area contributed by atoms with E-state index in [0.29, 0.717) is 5.89 Å². The zero-order chi connectivity index (χ0) is 95.5. The van der Waals surface area contributed by atoms with Crippen molar-refractivity contribution >= 4 is 5.69 Å². The van der Waals surface area contributed by atoms with E-state index in [1.54, 1.807) is 18.7 Å². The molecule has 0 unspecified atom stereocenters. The molecule has 718 valence electrons. The molecule has 0 aliphatic carbocycles. The minimum Gasteiger partial charge on any atom is -0.707 e. The fraction of sp³-hybridized carbons (Fsp3) is 0.0320. The number of hydrogen-bond acceptors (Lipinski definition) is 9. The van der Waals surface area contributed by atoms with Gasteiger partial charge in [0.15, 0.2) is 0 Å². The van der Waals surface area contributed by atoms with Crippen molar-refractivity contribution in [3.63, 3.8) is 0 Å². The molecule has 19 heteroatoms. The van der Waals surface area contributed by atoms with Gasteiger partial charge in [-0.05, 0) is 112 Å². The quantitative estimate of drug-likeness (QED) is 0.0841. The molecule has 8 heterocycles. The zero-order valence-corrected chi connectivity index (χ0v) is 87.8. The van der Waals surface area contributed by atoms with Crippen molar-refractivity contribution in [1.29, 1.82) is 0 Å². The molecule has 16 aromatic carbocycles. The van der Waals surface area contributed by atoms with Crippen LogP contribution in [0.1, 0.15) is 11.4 Å². The number of aryl methyl sites for hydroxylation is 3. The first-order valence-corrected chi connectivity index (χ1v) is 45.6. The summed E-state index contributed by atoms with van der Waals surface area (Å²) < 4.78 is 8.95. The molecular formula is C125H93N14OPt4-9. The van der Waals surface area contributed by atoms with Gasteiger partial charge in [0, 0.05) is 105 Å². The van der Waals surface area contributed by atoms with Crippen LogP contribution in [-0.4, -0.2) is 51.6 Å². The minimum absolute atomic E-state index is 0. The summed E-state index contributed by atoms with van der Waals surface area (Å²) in [6.45, 7) is 6.04. The predicted molar refractivity (Wildman–Crippen MR) is 562 cm³/mol. The number of oxazole rings is 1. The Hall–Kier alpha value is -15.8. The Bertz CT molecular complexity index is 6980. The van der Waals surface area contributed by atoms with E-state index in [0.717, 1.165) is 124 Å². The van der Waals surface area contributed by atoms with Crippen LogP contribution in [0.4, 0.5) is 5.69 Å². The first kappa shape index (κ1) is 105. The third-order valence-electron chi connectivity index (χ3n) is 22.2. The monoisotopic (exact) mass is 2590 g/mol. The van der Waals surface area contributed by atoms with Crippen LogP contribution in [-0.2, 0) is 91.3 Å². The van der Waals surface area contributed by atoms with Crippen molar-refractivity contribution in [3.05, 3.63) is 553 Å². The van der Waals surface area contributed by atoms with E-state index in [1.165, 1.54) is 50.1 Å². The standard InChI is InChI=1S/C22H15N.3C21H14N2.C11H11N2.C10H10N2.C10H9N2.C9H6NO.4Pt/c1-3-7-17(8-4-1)18-11-13-19(14-12-18)21-15-22(23-16-21)20-9-5-2-6-10-20;3*1-3-7-16(8-4-1)17-11-13-19(14-12-17)21-15-20(22-23-21)18-9-5-2-6-10-18;1-9-8-10(2)13(12-9)11-6-4-3-5-7-11;1-11-7-8-12(9-11)10-5-3-2-4-6-10;1-12-8-7-11-10(12)9-5-3-2-4-6-9;1-2-4-8(5-3-1)9-10-6-7-11-9;;;;/h1-9,11-16H;3*1-9,11-15H;3-6,8H,1-2H3;2-5,7-9H,1H3;2-5,7-8H,1H3;1-4,6-7H;;;;/q4*-2;-1;-2;2*-1;;;;+4. The molecule has 0 N–H and O–H groups in total. The zero-order valence-electron chi connectivity index (χ0n) is 78.7. The molecule has 0 radical (unpaired) electrons. The number of imidazole rings is 1. The normalized spacial score (nSPS) is 10.6. The molecule has 0 bridgehead atoms. The molecule has 7 aromatic heterocycles. The number of anilines is 1. The maximum atomic E-state index is 5.08. The van der Waals surface area contributed by atoms with E-state index in [2.05, 4.69) is 305 Å². The van der Waals surface area contributed by atoms with Crippen molar-refractivity contribution in [2.45, 2.75) is 13.8 Å².